The van der Waals surface area contributed by atoms with Gasteiger partial charge in [0, 0.05) is 5.02 Å². The summed E-state index contributed by atoms with van der Waals surface area (Å²) in [6.45, 7) is 0. The fourth-order valence-corrected chi connectivity index (χ4v) is 4.73. The minimum Gasteiger partial charge on any atom is -0.267 e. The Morgan fingerprint density at radius 2 is 1.89 bits per heavy atom. The lowest BCUT2D eigenvalue weighted by molar-refractivity contribution is 0.0924. The zero-order valence-electron chi connectivity index (χ0n) is 13.2. The van der Waals surface area contributed by atoms with E-state index in [1.807, 2.05) is 5.38 Å². The summed E-state index contributed by atoms with van der Waals surface area (Å²) in [6, 6.07) is 10.0. The van der Waals surface area contributed by atoms with Crippen LogP contribution in [-0.2, 0) is 0 Å². The lowest BCUT2D eigenvalue weighted by Crippen LogP contribution is -2.30. The van der Waals surface area contributed by atoms with E-state index in [-0.39, 0.29) is 21.2 Å². The second kappa shape index (κ2) is 5.81. The van der Waals surface area contributed by atoms with E-state index in [4.69, 9.17) is 11.6 Å². The molecule has 4 aromatic rings. The summed E-state index contributed by atoms with van der Waals surface area (Å²) in [6.07, 6.45) is 0. The molecule has 1 aromatic carbocycles. The average molecular weight is 415 g/mol. The predicted octanol–water partition coefficient (Wildman–Crippen LogP) is 3.33. The van der Waals surface area contributed by atoms with Gasteiger partial charge in [0.1, 0.15) is 4.88 Å². The molecule has 0 N–H and O–H groups in total. The molecule has 0 spiro atoms. The number of rotatable bonds is 2. The van der Waals surface area contributed by atoms with E-state index in [1.54, 1.807) is 36.4 Å². The largest absolute Gasteiger partial charge is 0.301 e. The Bertz CT molecular complexity index is 1310. The SMILES string of the molecule is O=C1c2sc3nc(=O)c(-c4cccs4)nn3c2C(=O)N1c1cccc(Cl)c1. The molecule has 0 bridgehead atoms. The van der Waals surface area contributed by atoms with Crippen molar-refractivity contribution in [3.05, 3.63) is 67.7 Å². The number of thiophene rings is 1. The van der Waals surface area contributed by atoms with Crippen molar-refractivity contribution < 1.29 is 9.59 Å². The second-order valence-corrected chi connectivity index (χ2v) is 8.00. The van der Waals surface area contributed by atoms with Crippen LogP contribution in [0.1, 0.15) is 20.2 Å². The number of hydrogen-bond acceptors (Lipinski definition) is 7. The van der Waals surface area contributed by atoms with Crippen molar-refractivity contribution in [2.45, 2.75) is 0 Å². The molecule has 10 heteroatoms. The van der Waals surface area contributed by atoms with E-state index < -0.39 is 17.4 Å². The van der Waals surface area contributed by atoms with Crippen LogP contribution in [0.25, 0.3) is 15.5 Å². The normalized spacial score (nSPS) is 13.6. The number of aromatic nitrogens is 3. The Morgan fingerprint density at radius 3 is 2.63 bits per heavy atom. The Hall–Kier alpha value is -2.88. The number of carbonyl (C=O) groups excluding carboxylic acids is 2. The van der Waals surface area contributed by atoms with Crippen molar-refractivity contribution in [3.63, 3.8) is 0 Å². The standard InChI is InChI=1S/C17H7ClN4O3S2/c18-8-3-1-4-9(7-8)21-15(24)12-13(16(21)25)27-17-19-14(23)11(20-22(12)17)10-5-2-6-26-10/h1-7H. The maximum atomic E-state index is 13.0. The van der Waals surface area contributed by atoms with Crippen molar-refractivity contribution in [1.29, 1.82) is 0 Å². The highest BCUT2D eigenvalue weighted by Gasteiger charge is 2.42. The molecule has 5 rings (SSSR count). The first-order valence-corrected chi connectivity index (χ1v) is 9.74. The molecular formula is C17H7ClN4O3S2. The Morgan fingerprint density at radius 1 is 1.04 bits per heavy atom. The summed E-state index contributed by atoms with van der Waals surface area (Å²) in [4.78, 5) is 44.2. The van der Waals surface area contributed by atoms with Crippen molar-refractivity contribution in [2.24, 2.45) is 0 Å². The number of carbonyl (C=O) groups is 2. The van der Waals surface area contributed by atoms with E-state index in [1.165, 1.54) is 15.9 Å². The highest BCUT2D eigenvalue weighted by atomic mass is 35.5. The molecule has 132 valence electrons. The van der Waals surface area contributed by atoms with Gasteiger partial charge in [0.2, 0.25) is 4.96 Å². The third-order valence-corrected chi connectivity index (χ3v) is 6.16. The zero-order valence-corrected chi connectivity index (χ0v) is 15.6. The Balaban J connectivity index is 1.71. The number of anilines is 1. The number of amides is 2. The van der Waals surface area contributed by atoms with Gasteiger partial charge in [0.05, 0.1) is 10.6 Å². The van der Waals surface area contributed by atoms with E-state index in [0.717, 1.165) is 16.2 Å². The first-order valence-electron chi connectivity index (χ1n) is 7.66. The first-order chi connectivity index (χ1) is 13.0. The topological polar surface area (TPSA) is 84.6 Å². The van der Waals surface area contributed by atoms with Gasteiger partial charge in [0.15, 0.2) is 11.4 Å². The molecule has 1 aliphatic rings. The van der Waals surface area contributed by atoms with Crippen LogP contribution in [0.3, 0.4) is 0 Å². The Kier molecular flexibility index (Phi) is 3.51. The van der Waals surface area contributed by atoms with E-state index in [9.17, 15) is 14.4 Å². The van der Waals surface area contributed by atoms with Crippen molar-refractivity contribution in [3.8, 4) is 10.6 Å². The van der Waals surface area contributed by atoms with Crippen molar-refractivity contribution in [1.82, 2.24) is 14.6 Å². The van der Waals surface area contributed by atoms with Gasteiger partial charge in [-0.15, -0.1) is 11.3 Å². The van der Waals surface area contributed by atoms with Crippen molar-refractivity contribution in [2.75, 3.05) is 4.90 Å². The lowest BCUT2D eigenvalue weighted by atomic mass is 10.3. The number of imide groups is 1. The highest BCUT2D eigenvalue weighted by molar-refractivity contribution is 7.19. The van der Waals surface area contributed by atoms with Crippen LogP contribution in [0.5, 0.6) is 0 Å². The maximum absolute atomic E-state index is 13.0. The molecule has 0 atom stereocenters. The molecular weight excluding hydrogens is 408 g/mol. The molecule has 0 unspecified atom stereocenters. The summed E-state index contributed by atoms with van der Waals surface area (Å²) < 4.78 is 1.28. The zero-order chi connectivity index (χ0) is 18.7. The van der Waals surface area contributed by atoms with Gasteiger partial charge in [-0.25, -0.2) is 4.90 Å². The lowest BCUT2D eigenvalue weighted by Gasteiger charge is -2.14. The van der Waals surface area contributed by atoms with Gasteiger partial charge < -0.3 is 0 Å². The minimum atomic E-state index is -0.529. The van der Waals surface area contributed by atoms with Gasteiger partial charge in [-0.1, -0.05) is 35.1 Å². The van der Waals surface area contributed by atoms with Gasteiger partial charge >= 0.3 is 5.56 Å². The third kappa shape index (κ3) is 2.36. The smallest absolute Gasteiger partial charge is 0.267 e. The number of halogens is 1. The van der Waals surface area contributed by atoms with Crippen LogP contribution in [0.15, 0.2) is 46.6 Å². The summed E-state index contributed by atoms with van der Waals surface area (Å²) in [7, 11) is 0. The quantitative estimate of drug-likeness (QED) is 0.470. The van der Waals surface area contributed by atoms with E-state index in [0.29, 0.717) is 15.6 Å². The summed E-state index contributed by atoms with van der Waals surface area (Å²) in [5.41, 5.74) is 0.125. The van der Waals surface area contributed by atoms with Crippen LogP contribution >= 0.6 is 34.3 Å². The summed E-state index contributed by atoms with van der Waals surface area (Å²) in [5, 5.41) is 6.55. The van der Waals surface area contributed by atoms with Gasteiger partial charge in [-0.2, -0.15) is 14.6 Å². The molecule has 0 saturated carbocycles. The van der Waals surface area contributed by atoms with Crippen LogP contribution in [0.4, 0.5) is 5.69 Å². The van der Waals surface area contributed by atoms with Crippen LogP contribution < -0.4 is 10.5 Å². The number of thiazole rings is 1. The Labute approximate surface area is 164 Å². The molecule has 0 saturated heterocycles. The maximum Gasteiger partial charge on any atom is 0.301 e. The molecule has 0 aliphatic carbocycles. The molecule has 27 heavy (non-hydrogen) atoms. The molecule has 7 nitrogen and oxygen atoms in total. The number of benzene rings is 1. The monoisotopic (exact) mass is 414 g/mol. The highest BCUT2D eigenvalue weighted by Crippen LogP contribution is 2.34. The molecule has 2 amide bonds. The summed E-state index contributed by atoms with van der Waals surface area (Å²) in [5.74, 6) is -1.02. The fraction of sp³-hybridized carbons (Fsp3) is 0. The summed E-state index contributed by atoms with van der Waals surface area (Å²) >= 11 is 8.30. The fourth-order valence-electron chi connectivity index (χ4n) is 2.87. The average Bonchev–Trinajstić information content (AvgIpc) is 3.32. The van der Waals surface area contributed by atoms with Crippen molar-refractivity contribution >= 4 is 56.7 Å². The van der Waals surface area contributed by atoms with Gasteiger partial charge in [0.25, 0.3) is 11.8 Å². The van der Waals surface area contributed by atoms with Crippen LogP contribution in [-0.4, -0.2) is 26.4 Å². The number of fused-ring (bicyclic) bond motifs is 3. The van der Waals surface area contributed by atoms with Crippen LogP contribution in [0.2, 0.25) is 5.02 Å². The van der Waals surface area contributed by atoms with Gasteiger partial charge in [-0.3, -0.25) is 14.4 Å². The van der Waals surface area contributed by atoms with E-state index >= 15 is 0 Å². The minimum absolute atomic E-state index is 0.102. The molecule has 0 radical (unpaired) electrons. The first kappa shape index (κ1) is 16.3. The molecule has 0 fully saturated rings. The number of nitrogens with zero attached hydrogens (tertiary/aromatic N) is 4. The van der Waals surface area contributed by atoms with E-state index in [2.05, 4.69) is 10.1 Å². The van der Waals surface area contributed by atoms with Crippen LogP contribution in [0, 0.1) is 0 Å². The number of hydrogen-bond donors (Lipinski definition) is 0. The second-order valence-electron chi connectivity index (χ2n) is 5.64. The molecule has 1 aliphatic heterocycles. The molecule has 3 aromatic heterocycles. The third-order valence-electron chi connectivity index (χ3n) is 4.03. The predicted molar refractivity (Wildman–Crippen MR) is 103 cm³/mol. The van der Waals surface area contributed by atoms with Gasteiger partial charge in [-0.05, 0) is 29.6 Å². The molecule has 4 heterocycles.